The Bertz CT molecular complexity index is 914. The van der Waals surface area contributed by atoms with Gasteiger partial charge in [0.25, 0.3) is 5.91 Å². The van der Waals surface area contributed by atoms with E-state index in [-0.39, 0.29) is 23.4 Å². The van der Waals surface area contributed by atoms with Crippen LogP contribution in [0, 0.1) is 0 Å². The molecule has 0 bridgehead atoms. The molecule has 27 heavy (non-hydrogen) atoms. The second-order valence-corrected chi connectivity index (χ2v) is 7.94. The molecule has 0 radical (unpaired) electrons. The number of nitrogens with one attached hydrogen (secondary N) is 3. The minimum atomic E-state index is -0.307. The van der Waals surface area contributed by atoms with Crippen molar-refractivity contribution in [2.24, 2.45) is 0 Å². The summed E-state index contributed by atoms with van der Waals surface area (Å²) in [6.45, 7) is 1.38. The number of amides is 2. The number of fused-ring (bicyclic) bond motifs is 4. The normalized spacial score (nSPS) is 24.4. The average molecular weight is 368 g/mol. The number of aromatic nitrogens is 3. The van der Waals surface area contributed by atoms with Crippen molar-refractivity contribution >= 4 is 28.8 Å². The molecule has 1 saturated carbocycles. The van der Waals surface area contributed by atoms with E-state index in [9.17, 15) is 9.59 Å². The first-order valence-electron chi connectivity index (χ1n) is 9.88. The van der Waals surface area contributed by atoms with E-state index in [0.29, 0.717) is 18.2 Å². The fourth-order valence-corrected chi connectivity index (χ4v) is 4.80. The standard InChI is InChI=1S/C19H24N6O2/c26-16-13(5-4-8-20-16)23-18-21-10-12-9-14-17(27)22-11-19(6-2-1-3-7-19)25(14)15(12)24-18/h9-10,13H,1-8,11H2,(H,20,26)(H,22,27)(H,21,23,24)/t13-/m0/s1. The number of rotatable bonds is 2. The molecule has 1 spiro atoms. The number of hydrogen-bond donors (Lipinski definition) is 3. The van der Waals surface area contributed by atoms with Gasteiger partial charge in [0.1, 0.15) is 17.4 Å². The number of hydrogen-bond acceptors (Lipinski definition) is 5. The highest BCUT2D eigenvalue weighted by molar-refractivity contribution is 5.99. The summed E-state index contributed by atoms with van der Waals surface area (Å²) in [5.41, 5.74) is 1.35. The summed E-state index contributed by atoms with van der Waals surface area (Å²) in [5, 5.41) is 9.98. The lowest BCUT2D eigenvalue weighted by molar-refractivity contribution is -0.123. The van der Waals surface area contributed by atoms with Gasteiger partial charge in [-0.25, -0.2) is 4.98 Å². The molecule has 4 heterocycles. The Kier molecular flexibility index (Phi) is 3.80. The first-order valence-corrected chi connectivity index (χ1v) is 9.88. The van der Waals surface area contributed by atoms with E-state index < -0.39 is 0 Å². The van der Waals surface area contributed by atoms with Gasteiger partial charge in [0.2, 0.25) is 11.9 Å². The monoisotopic (exact) mass is 368 g/mol. The van der Waals surface area contributed by atoms with Crippen LogP contribution in [0.25, 0.3) is 11.0 Å². The molecule has 142 valence electrons. The highest BCUT2D eigenvalue weighted by Gasteiger charge is 2.41. The first-order chi connectivity index (χ1) is 13.2. The molecule has 3 aliphatic rings. The maximum atomic E-state index is 12.5. The largest absolute Gasteiger partial charge is 0.354 e. The highest BCUT2D eigenvalue weighted by Crippen LogP contribution is 2.40. The Balaban J connectivity index is 1.57. The highest BCUT2D eigenvalue weighted by atomic mass is 16.2. The van der Waals surface area contributed by atoms with Crippen LogP contribution in [0.1, 0.15) is 55.4 Å². The van der Waals surface area contributed by atoms with E-state index in [1.807, 2.05) is 6.07 Å². The minimum Gasteiger partial charge on any atom is -0.354 e. The van der Waals surface area contributed by atoms with Crippen LogP contribution in [0.15, 0.2) is 12.3 Å². The molecule has 3 N–H and O–H groups in total. The van der Waals surface area contributed by atoms with Gasteiger partial charge in [-0.3, -0.25) is 9.59 Å². The number of carbonyl (C=O) groups is 2. The molecule has 2 fully saturated rings. The van der Waals surface area contributed by atoms with Crippen LogP contribution in [0.4, 0.5) is 5.95 Å². The number of carbonyl (C=O) groups excluding carboxylic acids is 2. The molecule has 2 aromatic rings. The SMILES string of the molecule is O=C1NCC2(CCCCC2)n2c1cc1cnc(N[C@H]3CCCNC3=O)nc12. The zero-order valence-corrected chi connectivity index (χ0v) is 15.3. The van der Waals surface area contributed by atoms with E-state index in [0.717, 1.165) is 56.1 Å². The Morgan fingerprint density at radius 1 is 1.15 bits per heavy atom. The van der Waals surface area contributed by atoms with Gasteiger partial charge in [-0.2, -0.15) is 4.98 Å². The third kappa shape index (κ3) is 2.65. The molecular formula is C19H24N6O2. The molecule has 2 amide bonds. The van der Waals surface area contributed by atoms with Crippen LogP contribution in [0.3, 0.4) is 0 Å². The molecule has 0 aromatic carbocycles. The van der Waals surface area contributed by atoms with E-state index >= 15 is 0 Å². The van der Waals surface area contributed by atoms with Gasteiger partial charge in [-0.05, 0) is 31.7 Å². The van der Waals surface area contributed by atoms with Gasteiger partial charge in [0.05, 0.1) is 5.54 Å². The summed E-state index contributed by atoms with van der Waals surface area (Å²) >= 11 is 0. The van der Waals surface area contributed by atoms with Crippen LogP contribution in [0.5, 0.6) is 0 Å². The van der Waals surface area contributed by atoms with Crippen LogP contribution in [0.2, 0.25) is 0 Å². The quantitative estimate of drug-likeness (QED) is 0.746. The molecule has 2 aromatic heterocycles. The van der Waals surface area contributed by atoms with Crippen LogP contribution in [-0.4, -0.2) is 45.5 Å². The van der Waals surface area contributed by atoms with Crippen molar-refractivity contribution in [2.75, 3.05) is 18.4 Å². The van der Waals surface area contributed by atoms with Crippen molar-refractivity contribution in [3.05, 3.63) is 18.0 Å². The van der Waals surface area contributed by atoms with E-state index in [1.165, 1.54) is 6.42 Å². The number of anilines is 1. The first kappa shape index (κ1) is 16.5. The fourth-order valence-electron chi connectivity index (χ4n) is 4.80. The zero-order valence-electron chi connectivity index (χ0n) is 15.3. The van der Waals surface area contributed by atoms with Crippen molar-refractivity contribution in [2.45, 2.75) is 56.5 Å². The molecular weight excluding hydrogens is 344 g/mol. The lowest BCUT2D eigenvalue weighted by atomic mass is 9.80. The molecule has 5 rings (SSSR count). The van der Waals surface area contributed by atoms with E-state index in [1.54, 1.807) is 6.20 Å². The number of piperidine rings is 1. The maximum absolute atomic E-state index is 12.5. The van der Waals surface area contributed by atoms with Crippen LogP contribution < -0.4 is 16.0 Å². The van der Waals surface area contributed by atoms with E-state index in [2.05, 4.69) is 25.5 Å². The van der Waals surface area contributed by atoms with Crippen molar-refractivity contribution in [3.8, 4) is 0 Å². The van der Waals surface area contributed by atoms with Gasteiger partial charge in [0.15, 0.2) is 0 Å². The maximum Gasteiger partial charge on any atom is 0.268 e. The Labute approximate surface area is 157 Å². The molecule has 8 nitrogen and oxygen atoms in total. The lowest BCUT2D eigenvalue weighted by Gasteiger charge is -2.42. The Morgan fingerprint density at radius 2 is 2.00 bits per heavy atom. The summed E-state index contributed by atoms with van der Waals surface area (Å²) < 4.78 is 2.15. The van der Waals surface area contributed by atoms with Gasteiger partial charge in [-0.15, -0.1) is 0 Å². The predicted molar refractivity (Wildman–Crippen MR) is 101 cm³/mol. The fraction of sp³-hybridized carbons (Fsp3) is 0.579. The van der Waals surface area contributed by atoms with Crippen LogP contribution >= 0.6 is 0 Å². The van der Waals surface area contributed by atoms with Gasteiger partial charge >= 0.3 is 0 Å². The molecule has 8 heteroatoms. The topological polar surface area (TPSA) is 101 Å². The smallest absolute Gasteiger partial charge is 0.268 e. The van der Waals surface area contributed by atoms with Crippen LogP contribution in [-0.2, 0) is 10.3 Å². The number of nitrogens with zero attached hydrogens (tertiary/aromatic N) is 3. The summed E-state index contributed by atoms with van der Waals surface area (Å²) in [6.07, 6.45) is 9.11. The summed E-state index contributed by atoms with van der Waals surface area (Å²) in [7, 11) is 0. The Hall–Kier alpha value is -2.64. The Morgan fingerprint density at radius 3 is 2.81 bits per heavy atom. The second-order valence-electron chi connectivity index (χ2n) is 7.94. The van der Waals surface area contributed by atoms with Gasteiger partial charge < -0.3 is 20.5 Å². The molecule has 1 aliphatic carbocycles. The molecule has 0 unspecified atom stereocenters. The minimum absolute atomic E-state index is 0.00902. The summed E-state index contributed by atoms with van der Waals surface area (Å²) in [6, 6.07) is 1.58. The summed E-state index contributed by atoms with van der Waals surface area (Å²) in [4.78, 5) is 33.7. The molecule has 2 aliphatic heterocycles. The third-order valence-corrected chi connectivity index (χ3v) is 6.20. The average Bonchev–Trinajstić information content (AvgIpc) is 3.08. The van der Waals surface area contributed by atoms with Gasteiger partial charge in [-0.1, -0.05) is 19.3 Å². The third-order valence-electron chi connectivity index (χ3n) is 6.20. The molecule has 1 saturated heterocycles. The second kappa shape index (κ2) is 6.21. The molecule has 1 atom stereocenters. The van der Waals surface area contributed by atoms with E-state index in [4.69, 9.17) is 4.98 Å². The van der Waals surface area contributed by atoms with Gasteiger partial charge in [0, 0.05) is 24.7 Å². The summed E-state index contributed by atoms with van der Waals surface area (Å²) in [5.74, 6) is 0.387. The van der Waals surface area contributed by atoms with Crippen molar-refractivity contribution < 1.29 is 9.59 Å². The van der Waals surface area contributed by atoms with Crippen molar-refractivity contribution in [1.82, 2.24) is 25.2 Å². The zero-order chi connectivity index (χ0) is 18.4. The predicted octanol–water partition coefficient (Wildman–Crippen LogP) is 1.52. The van der Waals surface area contributed by atoms with Crippen molar-refractivity contribution in [3.63, 3.8) is 0 Å². The lowest BCUT2D eigenvalue weighted by Crippen LogP contribution is -2.52. The van der Waals surface area contributed by atoms with Crippen molar-refractivity contribution in [1.29, 1.82) is 0 Å².